The zero-order chi connectivity index (χ0) is 13.5. The minimum absolute atomic E-state index is 0.194. The van der Waals surface area contributed by atoms with Gasteiger partial charge >= 0.3 is 5.97 Å². The van der Waals surface area contributed by atoms with Gasteiger partial charge in [0.05, 0.1) is 6.54 Å². The Morgan fingerprint density at radius 2 is 1.26 bits per heavy atom. The predicted molar refractivity (Wildman–Crippen MR) is 75.4 cm³/mol. The number of hydrogen-bond donors (Lipinski definition) is 1. The van der Waals surface area contributed by atoms with Crippen LogP contribution in [0, 0.1) is 0 Å². The Bertz CT molecular complexity index is 280. The first-order chi connectivity index (χ1) is 9.24. The van der Waals surface area contributed by atoms with E-state index in [9.17, 15) is 4.79 Å². The molecule has 110 valence electrons. The second kappa shape index (κ2) is 7.82. The summed E-state index contributed by atoms with van der Waals surface area (Å²) in [6.45, 7) is 8.99. The number of rotatable bonds is 5. The van der Waals surface area contributed by atoms with Gasteiger partial charge in [-0.3, -0.25) is 9.69 Å². The molecule has 19 heavy (non-hydrogen) atoms. The second-order valence-electron chi connectivity index (χ2n) is 5.77. The smallest absolute Gasteiger partial charge is 0.317 e. The summed E-state index contributed by atoms with van der Waals surface area (Å²) < 4.78 is 0. The fraction of sp³-hybridized carbons (Fsp3) is 0.929. The molecule has 1 N–H and O–H groups in total. The van der Waals surface area contributed by atoms with E-state index >= 15 is 0 Å². The molecule has 0 unspecified atom stereocenters. The zero-order valence-corrected chi connectivity index (χ0v) is 11.9. The van der Waals surface area contributed by atoms with Crippen molar-refractivity contribution in [2.75, 3.05) is 58.9 Å². The van der Waals surface area contributed by atoms with Gasteiger partial charge < -0.3 is 14.9 Å². The molecule has 5 heteroatoms. The Balaban J connectivity index is 1.65. The van der Waals surface area contributed by atoms with Crippen molar-refractivity contribution in [1.82, 2.24) is 14.7 Å². The number of nitrogens with zero attached hydrogens (tertiary/aromatic N) is 3. The topological polar surface area (TPSA) is 47.0 Å². The molecular formula is C14H27N3O2. The summed E-state index contributed by atoms with van der Waals surface area (Å²) in [5.41, 5.74) is 0. The molecule has 0 aliphatic carbocycles. The predicted octanol–water partition coefficient (Wildman–Crippen LogP) is 0.565. The molecule has 0 aromatic heterocycles. The van der Waals surface area contributed by atoms with E-state index < -0.39 is 5.97 Å². The van der Waals surface area contributed by atoms with Crippen LogP contribution in [-0.4, -0.2) is 84.7 Å². The summed E-state index contributed by atoms with van der Waals surface area (Å²) in [6, 6.07) is 0. The molecule has 2 rings (SSSR count). The Morgan fingerprint density at radius 1 is 0.737 bits per heavy atom. The molecule has 0 aromatic rings. The van der Waals surface area contributed by atoms with Gasteiger partial charge in [0.25, 0.3) is 0 Å². The fourth-order valence-corrected chi connectivity index (χ4v) is 3.06. The van der Waals surface area contributed by atoms with Crippen molar-refractivity contribution >= 4 is 5.97 Å². The number of hydrogen-bond acceptors (Lipinski definition) is 4. The largest absolute Gasteiger partial charge is 0.480 e. The quantitative estimate of drug-likeness (QED) is 0.790. The lowest BCUT2D eigenvalue weighted by atomic mass is 10.1. The molecule has 0 saturated carbocycles. The maximum Gasteiger partial charge on any atom is 0.317 e. The molecule has 0 aromatic carbocycles. The van der Waals surface area contributed by atoms with Crippen LogP contribution in [0.25, 0.3) is 0 Å². The second-order valence-corrected chi connectivity index (χ2v) is 5.77. The third-order valence-electron chi connectivity index (χ3n) is 4.22. The highest BCUT2D eigenvalue weighted by Gasteiger charge is 2.17. The maximum atomic E-state index is 10.7. The highest BCUT2D eigenvalue weighted by atomic mass is 16.4. The van der Waals surface area contributed by atoms with Crippen LogP contribution in [-0.2, 0) is 4.79 Å². The van der Waals surface area contributed by atoms with E-state index in [1.807, 2.05) is 0 Å². The summed E-state index contributed by atoms with van der Waals surface area (Å²) in [5, 5.41) is 8.84. The number of carboxylic acid groups (broad SMARTS) is 1. The van der Waals surface area contributed by atoms with Gasteiger partial charge in [0, 0.05) is 32.7 Å². The van der Waals surface area contributed by atoms with Gasteiger partial charge in [-0.2, -0.15) is 0 Å². The van der Waals surface area contributed by atoms with E-state index in [0.29, 0.717) is 0 Å². The number of aliphatic carboxylic acids is 1. The minimum Gasteiger partial charge on any atom is -0.480 e. The van der Waals surface area contributed by atoms with Crippen molar-refractivity contribution in [1.29, 1.82) is 0 Å². The van der Waals surface area contributed by atoms with Crippen molar-refractivity contribution < 1.29 is 9.90 Å². The van der Waals surface area contributed by atoms with Crippen molar-refractivity contribution in [3.05, 3.63) is 0 Å². The summed E-state index contributed by atoms with van der Waals surface area (Å²) >= 11 is 0. The van der Waals surface area contributed by atoms with Crippen molar-refractivity contribution in [3.8, 4) is 0 Å². The first-order valence-corrected chi connectivity index (χ1v) is 7.63. The van der Waals surface area contributed by atoms with Crippen LogP contribution in [0.3, 0.4) is 0 Å². The SMILES string of the molecule is O=C(O)CN1CCCN(CCN2CCCCC2)CC1. The van der Waals surface area contributed by atoms with Crippen molar-refractivity contribution in [2.45, 2.75) is 25.7 Å². The summed E-state index contributed by atoms with van der Waals surface area (Å²) in [4.78, 5) is 17.9. The monoisotopic (exact) mass is 269 g/mol. The van der Waals surface area contributed by atoms with Crippen LogP contribution >= 0.6 is 0 Å². The summed E-state index contributed by atoms with van der Waals surface area (Å²) in [5.74, 6) is -0.707. The van der Waals surface area contributed by atoms with Gasteiger partial charge in [0.1, 0.15) is 0 Å². The van der Waals surface area contributed by atoms with Crippen molar-refractivity contribution in [2.24, 2.45) is 0 Å². The van der Waals surface area contributed by atoms with E-state index in [2.05, 4.69) is 14.7 Å². The Labute approximate surface area is 116 Å². The van der Waals surface area contributed by atoms with Crippen LogP contribution in [0.4, 0.5) is 0 Å². The van der Waals surface area contributed by atoms with Gasteiger partial charge in [-0.25, -0.2) is 0 Å². The molecule has 2 aliphatic heterocycles. The average Bonchev–Trinajstić information content (AvgIpc) is 2.62. The van der Waals surface area contributed by atoms with Crippen LogP contribution in [0.2, 0.25) is 0 Å². The number of carboxylic acids is 1. The lowest BCUT2D eigenvalue weighted by molar-refractivity contribution is -0.138. The van der Waals surface area contributed by atoms with Gasteiger partial charge in [-0.05, 0) is 38.9 Å². The molecule has 0 spiro atoms. The third-order valence-corrected chi connectivity index (χ3v) is 4.22. The summed E-state index contributed by atoms with van der Waals surface area (Å²) in [7, 11) is 0. The Morgan fingerprint density at radius 3 is 1.95 bits per heavy atom. The van der Waals surface area contributed by atoms with E-state index in [1.165, 1.54) is 38.9 Å². The molecule has 2 heterocycles. The molecule has 0 atom stereocenters. The van der Waals surface area contributed by atoms with E-state index in [1.54, 1.807) is 0 Å². The molecule has 0 bridgehead atoms. The molecule has 2 aliphatic rings. The number of likely N-dealkylation sites (tertiary alicyclic amines) is 1. The summed E-state index contributed by atoms with van der Waals surface area (Å²) in [6.07, 6.45) is 5.19. The van der Waals surface area contributed by atoms with Crippen LogP contribution in [0.1, 0.15) is 25.7 Å². The van der Waals surface area contributed by atoms with E-state index in [0.717, 1.165) is 39.1 Å². The van der Waals surface area contributed by atoms with Crippen LogP contribution in [0.15, 0.2) is 0 Å². The van der Waals surface area contributed by atoms with Crippen LogP contribution in [0.5, 0.6) is 0 Å². The first kappa shape index (κ1) is 14.8. The normalized spacial score (nSPS) is 24.2. The zero-order valence-electron chi connectivity index (χ0n) is 11.9. The minimum atomic E-state index is -0.707. The van der Waals surface area contributed by atoms with Gasteiger partial charge in [0.15, 0.2) is 0 Å². The van der Waals surface area contributed by atoms with Gasteiger partial charge in [-0.15, -0.1) is 0 Å². The lowest BCUT2D eigenvalue weighted by Gasteiger charge is -2.29. The van der Waals surface area contributed by atoms with Crippen molar-refractivity contribution in [3.63, 3.8) is 0 Å². The van der Waals surface area contributed by atoms with E-state index in [4.69, 9.17) is 5.11 Å². The highest BCUT2D eigenvalue weighted by molar-refractivity contribution is 5.69. The average molecular weight is 269 g/mol. The molecule has 0 radical (unpaired) electrons. The van der Waals surface area contributed by atoms with Crippen LogP contribution < -0.4 is 0 Å². The highest BCUT2D eigenvalue weighted by Crippen LogP contribution is 2.09. The molecule has 0 amide bonds. The Kier molecular flexibility index (Phi) is 6.07. The molecular weight excluding hydrogens is 242 g/mol. The van der Waals surface area contributed by atoms with E-state index in [-0.39, 0.29) is 6.54 Å². The number of piperidine rings is 1. The Hall–Kier alpha value is -0.650. The third kappa shape index (κ3) is 5.47. The molecule has 5 nitrogen and oxygen atoms in total. The standard InChI is InChI=1S/C14H27N3O2/c18-14(19)13-17-8-4-7-16(11-12-17)10-9-15-5-2-1-3-6-15/h1-13H2,(H,18,19). The first-order valence-electron chi connectivity index (χ1n) is 7.63. The maximum absolute atomic E-state index is 10.7. The molecule has 2 saturated heterocycles. The van der Waals surface area contributed by atoms with Gasteiger partial charge in [-0.1, -0.05) is 6.42 Å². The number of carbonyl (C=O) groups is 1. The fourth-order valence-electron chi connectivity index (χ4n) is 3.06. The molecule has 2 fully saturated rings. The van der Waals surface area contributed by atoms with Gasteiger partial charge in [0.2, 0.25) is 0 Å². The lowest BCUT2D eigenvalue weighted by Crippen LogP contribution is -2.39.